The van der Waals surface area contributed by atoms with E-state index in [1.54, 1.807) is 20.8 Å². The first kappa shape index (κ1) is 21.8. The average Bonchev–Trinajstić information content (AvgIpc) is 2.60. The van der Waals surface area contributed by atoms with Crippen LogP contribution in [0.1, 0.15) is 73.6 Å². The number of rotatable bonds is 5. The van der Waals surface area contributed by atoms with Gasteiger partial charge in [0.05, 0.1) is 11.1 Å². The van der Waals surface area contributed by atoms with E-state index in [2.05, 4.69) is 0 Å². The van der Waals surface area contributed by atoms with Gasteiger partial charge in [-0.05, 0) is 58.6 Å². The average molecular weight is 397 g/mol. The van der Waals surface area contributed by atoms with Gasteiger partial charge in [0.15, 0.2) is 5.60 Å². The summed E-state index contributed by atoms with van der Waals surface area (Å²) in [7, 11) is 0. The number of esters is 2. The normalized spacial score (nSPS) is 16.9. The molecule has 1 aliphatic carbocycles. The Balaban J connectivity index is 2.38. The van der Waals surface area contributed by atoms with E-state index in [4.69, 9.17) is 9.47 Å². The summed E-state index contributed by atoms with van der Waals surface area (Å²) in [6.45, 7) is 4.93. The third-order valence-corrected chi connectivity index (χ3v) is 4.54. The van der Waals surface area contributed by atoms with E-state index in [1.165, 1.54) is 24.3 Å². The number of benzene rings is 1. The molecule has 0 aliphatic heterocycles. The molecule has 8 heteroatoms. The zero-order chi connectivity index (χ0) is 21.2. The van der Waals surface area contributed by atoms with Crippen molar-refractivity contribution in [2.75, 3.05) is 0 Å². The Morgan fingerprint density at radius 1 is 0.964 bits per heavy atom. The monoisotopic (exact) mass is 397 g/mol. The molecule has 0 spiro atoms. The molecule has 1 aromatic rings. The van der Waals surface area contributed by atoms with Crippen molar-refractivity contribution >= 4 is 17.9 Å². The third kappa shape index (κ3) is 4.48. The largest absolute Gasteiger partial charge is 0.544 e. The first-order chi connectivity index (χ1) is 12.9. The van der Waals surface area contributed by atoms with E-state index in [1.807, 2.05) is 0 Å². The van der Waals surface area contributed by atoms with E-state index in [0.717, 1.165) is 0 Å². The van der Waals surface area contributed by atoms with Crippen LogP contribution in [0.5, 0.6) is 0 Å². The predicted molar refractivity (Wildman–Crippen MR) is 92.8 cm³/mol. The number of hydrogen-bond acceptors (Lipinski definition) is 6. The molecule has 0 radical (unpaired) electrons. The lowest BCUT2D eigenvalue weighted by atomic mass is 9.79. The molecule has 1 saturated carbocycles. The number of alkyl halides is 2. The maximum Gasteiger partial charge on any atom is 0.339 e. The van der Waals surface area contributed by atoms with Crippen molar-refractivity contribution in [3.05, 3.63) is 35.4 Å². The zero-order valence-corrected chi connectivity index (χ0v) is 16.1. The molecule has 1 aliphatic rings. The van der Waals surface area contributed by atoms with Crippen molar-refractivity contribution in [1.29, 1.82) is 0 Å². The molecule has 6 nitrogen and oxygen atoms in total. The minimum Gasteiger partial charge on any atom is -0.544 e. The van der Waals surface area contributed by atoms with Crippen LogP contribution in [0, 0.1) is 0 Å². The summed E-state index contributed by atoms with van der Waals surface area (Å²) in [5, 5.41) is 11.0. The van der Waals surface area contributed by atoms with Crippen LogP contribution in [0.25, 0.3) is 0 Å². The van der Waals surface area contributed by atoms with Crippen molar-refractivity contribution in [1.82, 2.24) is 0 Å². The number of aliphatic carboxylic acids is 1. The highest BCUT2D eigenvalue weighted by Gasteiger charge is 2.58. The number of hydrogen-bond donors (Lipinski definition) is 0. The van der Waals surface area contributed by atoms with Crippen LogP contribution in [0.2, 0.25) is 0 Å². The molecule has 2 rings (SSSR count). The summed E-state index contributed by atoms with van der Waals surface area (Å²) in [4.78, 5) is 36.1. The second-order valence-corrected chi connectivity index (χ2v) is 7.85. The SMILES string of the molecule is CC(C)(C)OC(=O)c1ccccc1C(=O)OC1(C(F)(F)C(=O)[O-])CCCCC1. The highest BCUT2D eigenvalue weighted by Crippen LogP contribution is 2.44. The first-order valence-corrected chi connectivity index (χ1v) is 9.05. The highest BCUT2D eigenvalue weighted by atomic mass is 19.3. The van der Waals surface area contributed by atoms with Gasteiger partial charge in [0, 0.05) is 0 Å². The molecule has 28 heavy (non-hydrogen) atoms. The smallest absolute Gasteiger partial charge is 0.339 e. The van der Waals surface area contributed by atoms with Crippen LogP contribution < -0.4 is 5.11 Å². The highest BCUT2D eigenvalue weighted by molar-refractivity contribution is 6.03. The minimum atomic E-state index is -4.36. The summed E-state index contributed by atoms with van der Waals surface area (Å²) in [5.74, 6) is -8.97. The van der Waals surface area contributed by atoms with Crippen molar-refractivity contribution in [3.8, 4) is 0 Å². The van der Waals surface area contributed by atoms with Crippen molar-refractivity contribution in [3.63, 3.8) is 0 Å². The number of halogens is 2. The van der Waals surface area contributed by atoms with Gasteiger partial charge in [-0.25, -0.2) is 9.59 Å². The lowest BCUT2D eigenvalue weighted by Gasteiger charge is -2.42. The molecule has 0 saturated heterocycles. The Morgan fingerprint density at radius 3 is 1.93 bits per heavy atom. The lowest BCUT2D eigenvalue weighted by molar-refractivity contribution is -0.345. The fourth-order valence-electron chi connectivity index (χ4n) is 3.19. The summed E-state index contributed by atoms with van der Waals surface area (Å²) >= 11 is 0. The van der Waals surface area contributed by atoms with Gasteiger partial charge in [-0.3, -0.25) is 0 Å². The molecule has 0 aromatic heterocycles. The second kappa shape index (κ2) is 7.85. The number of carbonyl (C=O) groups excluding carboxylic acids is 3. The van der Waals surface area contributed by atoms with Crippen LogP contribution in [0.4, 0.5) is 8.78 Å². The molecule has 0 bridgehead atoms. The van der Waals surface area contributed by atoms with E-state index in [0.29, 0.717) is 6.42 Å². The van der Waals surface area contributed by atoms with Crippen LogP contribution in [0.15, 0.2) is 24.3 Å². The molecule has 0 heterocycles. The van der Waals surface area contributed by atoms with Gasteiger partial charge in [0.1, 0.15) is 11.6 Å². The van der Waals surface area contributed by atoms with Crippen LogP contribution >= 0.6 is 0 Å². The minimum absolute atomic E-state index is 0.148. The summed E-state index contributed by atoms with van der Waals surface area (Å²) in [5.41, 5.74) is -3.76. The predicted octanol–water partition coefficient (Wildman–Crippen LogP) is 2.89. The van der Waals surface area contributed by atoms with Gasteiger partial charge >= 0.3 is 17.9 Å². The van der Waals surface area contributed by atoms with Gasteiger partial charge in [-0.2, -0.15) is 8.78 Å². The van der Waals surface area contributed by atoms with Crippen LogP contribution in [-0.2, 0) is 14.3 Å². The van der Waals surface area contributed by atoms with E-state index >= 15 is 0 Å². The van der Waals surface area contributed by atoms with Crippen LogP contribution in [-0.4, -0.2) is 35.0 Å². The second-order valence-electron chi connectivity index (χ2n) is 7.85. The van der Waals surface area contributed by atoms with Gasteiger partial charge in [-0.1, -0.05) is 18.6 Å². The Labute approximate surface area is 161 Å². The molecule has 154 valence electrons. The van der Waals surface area contributed by atoms with Crippen molar-refractivity contribution in [2.45, 2.75) is 70.0 Å². The number of carboxylic acids is 1. The molecule has 0 N–H and O–H groups in total. The van der Waals surface area contributed by atoms with Gasteiger partial charge < -0.3 is 19.4 Å². The van der Waals surface area contributed by atoms with Crippen molar-refractivity contribution < 1.29 is 37.7 Å². The molecule has 0 atom stereocenters. The van der Waals surface area contributed by atoms with Gasteiger partial charge in [0.2, 0.25) is 0 Å². The zero-order valence-electron chi connectivity index (χ0n) is 16.1. The molecule has 0 unspecified atom stereocenters. The topological polar surface area (TPSA) is 92.7 Å². The number of carboxylic acid groups (broad SMARTS) is 1. The van der Waals surface area contributed by atoms with Gasteiger partial charge in [0.25, 0.3) is 0 Å². The Bertz CT molecular complexity index is 760. The first-order valence-electron chi connectivity index (χ1n) is 9.05. The summed E-state index contributed by atoms with van der Waals surface area (Å²) in [6, 6.07) is 5.49. The quantitative estimate of drug-likeness (QED) is 0.710. The van der Waals surface area contributed by atoms with E-state index in [-0.39, 0.29) is 36.8 Å². The third-order valence-electron chi connectivity index (χ3n) is 4.54. The van der Waals surface area contributed by atoms with E-state index in [9.17, 15) is 28.3 Å². The molecule has 1 aromatic carbocycles. The van der Waals surface area contributed by atoms with Crippen molar-refractivity contribution in [2.24, 2.45) is 0 Å². The molecule has 1 fully saturated rings. The van der Waals surface area contributed by atoms with E-state index < -0.39 is 35.0 Å². The Morgan fingerprint density at radius 2 is 1.46 bits per heavy atom. The maximum atomic E-state index is 14.4. The Kier molecular flexibility index (Phi) is 6.11. The number of ether oxygens (including phenoxy) is 2. The molecule has 0 amide bonds. The van der Waals surface area contributed by atoms with Crippen LogP contribution in [0.3, 0.4) is 0 Å². The molecular weight excluding hydrogens is 374 g/mol. The fraction of sp³-hybridized carbons (Fsp3) is 0.550. The molecular formula is C20H23F2O6-. The fourth-order valence-corrected chi connectivity index (χ4v) is 3.19. The maximum absolute atomic E-state index is 14.4. The number of carbonyl (C=O) groups is 3. The standard InChI is InChI=1S/C20H24F2O6/c1-18(2,3)27-15(23)13-9-5-6-10-14(13)16(24)28-19(11-7-4-8-12-19)20(21,22)17(25)26/h5-6,9-10H,4,7-8,11-12H2,1-3H3,(H,25,26)/p-1. The Hall–Kier alpha value is -2.51. The summed E-state index contributed by atoms with van der Waals surface area (Å²) < 4.78 is 39.2. The summed E-state index contributed by atoms with van der Waals surface area (Å²) in [6.07, 6.45) is 0.563. The lowest BCUT2D eigenvalue weighted by Crippen LogP contribution is -2.61. The van der Waals surface area contributed by atoms with Gasteiger partial charge in [-0.15, -0.1) is 0 Å².